The molecule has 78 valence electrons. The van der Waals surface area contributed by atoms with Crippen molar-refractivity contribution in [2.45, 2.75) is 13.0 Å². The van der Waals surface area contributed by atoms with E-state index in [-0.39, 0.29) is 6.10 Å². The summed E-state index contributed by atoms with van der Waals surface area (Å²) >= 11 is 0. The lowest BCUT2D eigenvalue weighted by atomic mass is 10.4. The van der Waals surface area contributed by atoms with Crippen molar-refractivity contribution in [3.05, 3.63) is 0 Å². The van der Waals surface area contributed by atoms with Gasteiger partial charge in [0.25, 0.3) is 0 Å². The minimum absolute atomic E-state index is 0.246. The predicted molar refractivity (Wildman–Crippen MR) is 51.8 cm³/mol. The van der Waals surface area contributed by atoms with Crippen molar-refractivity contribution in [1.82, 2.24) is 10.2 Å². The molecule has 4 nitrogen and oxygen atoms in total. The molecule has 0 aromatic rings. The minimum Gasteiger partial charge on any atom is -0.392 e. The van der Waals surface area contributed by atoms with E-state index >= 15 is 0 Å². The Labute approximate surface area is 79.9 Å². The fraction of sp³-hybridized carbons (Fsp3) is 1.00. The van der Waals surface area contributed by atoms with Gasteiger partial charge < -0.3 is 15.2 Å². The Morgan fingerprint density at radius 2 is 2.15 bits per heavy atom. The summed E-state index contributed by atoms with van der Waals surface area (Å²) in [5.41, 5.74) is 0. The molecule has 0 aromatic heterocycles. The van der Waals surface area contributed by atoms with Crippen LogP contribution < -0.4 is 5.32 Å². The monoisotopic (exact) mass is 188 g/mol. The van der Waals surface area contributed by atoms with Crippen LogP contribution in [-0.2, 0) is 4.74 Å². The second-order valence-corrected chi connectivity index (χ2v) is 3.51. The van der Waals surface area contributed by atoms with Gasteiger partial charge >= 0.3 is 0 Å². The molecular weight excluding hydrogens is 168 g/mol. The number of ether oxygens (including phenoxy) is 1. The highest BCUT2D eigenvalue weighted by Gasteiger charge is 2.08. The Morgan fingerprint density at radius 1 is 1.46 bits per heavy atom. The first-order chi connectivity index (χ1) is 6.29. The van der Waals surface area contributed by atoms with Crippen LogP contribution >= 0.6 is 0 Å². The Balaban J connectivity index is 1.92. The van der Waals surface area contributed by atoms with Crippen molar-refractivity contribution in [3.63, 3.8) is 0 Å². The molecule has 1 saturated heterocycles. The van der Waals surface area contributed by atoms with E-state index in [1.54, 1.807) is 6.92 Å². The molecule has 1 atom stereocenters. The second kappa shape index (κ2) is 6.32. The molecular formula is C9H20N2O2. The van der Waals surface area contributed by atoms with Crippen LogP contribution in [0.15, 0.2) is 0 Å². The van der Waals surface area contributed by atoms with Crippen molar-refractivity contribution >= 4 is 0 Å². The lowest BCUT2D eigenvalue weighted by Gasteiger charge is -2.26. The molecule has 0 aliphatic carbocycles. The van der Waals surface area contributed by atoms with Crippen LogP contribution in [0.4, 0.5) is 0 Å². The van der Waals surface area contributed by atoms with Crippen molar-refractivity contribution in [1.29, 1.82) is 0 Å². The zero-order valence-corrected chi connectivity index (χ0v) is 8.33. The molecule has 1 rings (SSSR count). The summed E-state index contributed by atoms with van der Waals surface area (Å²) in [6.07, 6.45) is -0.246. The average molecular weight is 188 g/mol. The number of nitrogens with one attached hydrogen (secondary N) is 1. The van der Waals surface area contributed by atoms with Gasteiger partial charge in [0.05, 0.1) is 19.3 Å². The van der Waals surface area contributed by atoms with Crippen LogP contribution in [0.3, 0.4) is 0 Å². The molecule has 2 N–H and O–H groups in total. The highest BCUT2D eigenvalue weighted by molar-refractivity contribution is 4.63. The van der Waals surface area contributed by atoms with E-state index in [9.17, 15) is 0 Å². The largest absolute Gasteiger partial charge is 0.392 e. The quantitative estimate of drug-likeness (QED) is 0.559. The number of aliphatic hydroxyl groups is 1. The molecule has 0 spiro atoms. The summed E-state index contributed by atoms with van der Waals surface area (Å²) in [6, 6.07) is 0. The SMILES string of the molecule is C[C@@H](O)CNCCN1CCOCC1. The smallest absolute Gasteiger partial charge is 0.0636 e. The van der Waals surface area contributed by atoms with Gasteiger partial charge in [-0.15, -0.1) is 0 Å². The first kappa shape index (κ1) is 10.9. The number of hydrogen-bond acceptors (Lipinski definition) is 4. The van der Waals surface area contributed by atoms with Gasteiger partial charge in [0.15, 0.2) is 0 Å². The summed E-state index contributed by atoms with van der Waals surface area (Å²) in [7, 11) is 0. The van der Waals surface area contributed by atoms with E-state index in [4.69, 9.17) is 9.84 Å². The highest BCUT2D eigenvalue weighted by atomic mass is 16.5. The summed E-state index contributed by atoms with van der Waals surface area (Å²) in [5, 5.41) is 12.2. The van der Waals surface area contributed by atoms with Crippen molar-refractivity contribution < 1.29 is 9.84 Å². The molecule has 4 heteroatoms. The third-order valence-corrected chi connectivity index (χ3v) is 2.15. The van der Waals surface area contributed by atoms with Crippen LogP contribution in [0.25, 0.3) is 0 Å². The Kier molecular flexibility index (Phi) is 5.31. The van der Waals surface area contributed by atoms with Gasteiger partial charge in [0.1, 0.15) is 0 Å². The molecule has 1 fully saturated rings. The normalized spacial score (nSPS) is 21.7. The average Bonchev–Trinajstić information content (AvgIpc) is 2.14. The van der Waals surface area contributed by atoms with E-state index in [2.05, 4.69) is 10.2 Å². The molecule has 0 radical (unpaired) electrons. The molecule has 0 aromatic carbocycles. The van der Waals surface area contributed by atoms with Crippen LogP contribution in [-0.4, -0.2) is 62.0 Å². The van der Waals surface area contributed by atoms with Crippen LogP contribution in [0.1, 0.15) is 6.92 Å². The van der Waals surface area contributed by atoms with Gasteiger partial charge in [-0.3, -0.25) is 4.90 Å². The van der Waals surface area contributed by atoms with Crippen molar-refractivity contribution in [2.75, 3.05) is 45.9 Å². The molecule has 0 saturated carbocycles. The number of morpholine rings is 1. The van der Waals surface area contributed by atoms with E-state index in [0.717, 1.165) is 39.4 Å². The van der Waals surface area contributed by atoms with Crippen molar-refractivity contribution in [3.8, 4) is 0 Å². The van der Waals surface area contributed by atoms with Gasteiger partial charge in [-0.05, 0) is 6.92 Å². The summed E-state index contributed by atoms with van der Waals surface area (Å²) < 4.78 is 5.24. The second-order valence-electron chi connectivity index (χ2n) is 3.51. The summed E-state index contributed by atoms with van der Waals surface area (Å²) in [5.74, 6) is 0. The zero-order chi connectivity index (χ0) is 9.52. The lowest BCUT2D eigenvalue weighted by molar-refractivity contribution is 0.0381. The van der Waals surface area contributed by atoms with E-state index < -0.39 is 0 Å². The molecule has 0 amide bonds. The summed E-state index contributed by atoms with van der Waals surface area (Å²) in [4.78, 5) is 2.37. The van der Waals surface area contributed by atoms with Crippen LogP contribution in [0, 0.1) is 0 Å². The van der Waals surface area contributed by atoms with Gasteiger partial charge in [-0.25, -0.2) is 0 Å². The van der Waals surface area contributed by atoms with Crippen LogP contribution in [0.5, 0.6) is 0 Å². The molecule has 1 aliphatic rings. The molecule has 1 aliphatic heterocycles. The maximum atomic E-state index is 8.99. The fourth-order valence-electron chi connectivity index (χ4n) is 1.37. The third kappa shape index (κ3) is 5.21. The molecule has 0 bridgehead atoms. The predicted octanol–water partition coefficient (Wildman–Crippen LogP) is -0.711. The standard InChI is InChI=1S/C9H20N2O2/c1-9(12)8-10-2-3-11-4-6-13-7-5-11/h9-10,12H,2-8H2,1H3/t9-/m1/s1. The Morgan fingerprint density at radius 3 is 2.77 bits per heavy atom. The zero-order valence-electron chi connectivity index (χ0n) is 8.33. The number of rotatable bonds is 5. The first-order valence-corrected chi connectivity index (χ1v) is 4.98. The third-order valence-electron chi connectivity index (χ3n) is 2.15. The van der Waals surface area contributed by atoms with Gasteiger partial charge in [0, 0.05) is 32.7 Å². The van der Waals surface area contributed by atoms with Crippen LogP contribution in [0.2, 0.25) is 0 Å². The lowest BCUT2D eigenvalue weighted by Crippen LogP contribution is -2.41. The first-order valence-electron chi connectivity index (χ1n) is 4.98. The molecule has 13 heavy (non-hydrogen) atoms. The summed E-state index contributed by atoms with van der Waals surface area (Å²) in [6.45, 7) is 8.27. The van der Waals surface area contributed by atoms with Gasteiger partial charge in [-0.2, -0.15) is 0 Å². The Bertz CT molecular complexity index is 125. The van der Waals surface area contributed by atoms with E-state index in [1.165, 1.54) is 0 Å². The highest BCUT2D eigenvalue weighted by Crippen LogP contribution is 1.94. The minimum atomic E-state index is -0.246. The topological polar surface area (TPSA) is 44.7 Å². The Hall–Kier alpha value is -0.160. The molecule has 0 unspecified atom stereocenters. The number of hydrogen-bond donors (Lipinski definition) is 2. The van der Waals surface area contributed by atoms with E-state index in [0.29, 0.717) is 6.54 Å². The maximum absolute atomic E-state index is 8.99. The number of nitrogens with zero attached hydrogens (tertiary/aromatic N) is 1. The van der Waals surface area contributed by atoms with Gasteiger partial charge in [0.2, 0.25) is 0 Å². The fourth-order valence-corrected chi connectivity index (χ4v) is 1.37. The van der Waals surface area contributed by atoms with E-state index in [1.807, 2.05) is 0 Å². The number of aliphatic hydroxyl groups excluding tert-OH is 1. The molecule has 1 heterocycles. The maximum Gasteiger partial charge on any atom is 0.0636 e. The van der Waals surface area contributed by atoms with Crippen molar-refractivity contribution in [2.24, 2.45) is 0 Å². The van der Waals surface area contributed by atoms with Gasteiger partial charge in [-0.1, -0.05) is 0 Å².